The Balaban J connectivity index is 2.38. The van der Waals surface area contributed by atoms with Gasteiger partial charge in [0.2, 0.25) is 5.91 Å². The first-order valence-electron chi connectivity index (χ1n) is 6.96. The number of primary amides is 1. The van der Waals surface area contributed by atoms with Gasteiger partial charge in [0.15, 0.2) is 0 Å². The molecule has 0 radical (unpaired) electrons. The van der Waals surface area contributed by atoms with E-state index in [0.29, 0.717) is 0 Å². The Morgan fingerprint density at radius 3 is 2.71 bits per heavy atom. The molecule has 0 unspecified atom stereocenters. The Bertz CT molecular complexity index is 732. The Morgan fingerprint density at radius 1 is 1.42 bits per heavy atom. The first-order valence-corrected chi connectivity index (χ1v) is 6.96. The van der Waals surface area contributed by atoms with Gasteiger partial charge in [0.25, 0.3) is 5.91 Å². The lowest BCUT2D eigenvalue weighted by Gasteiger charge is -2.15. The molecule has 0 saturated heterocycles. The molecule has 9 heteroatoms. The predicted molar refractivity (Wildman–Crippen MR) is 81.2 cm³/mol. The molecule has 0 bridgehead atoms. The summed E-state index contributed by atoms with van der Waals surface area (Å²) in [6.45, 7) is -0.300. The molecule has 0 spiro atoms. The van der Waals surface area contributed by atoms with Crippen molar-refractivity contribution >= 4 is 23.5 Å². The lowest BCUT2D eigenvalue weighted by molar-refractivity contribution is -0.136. The number of β-amino-alcohol motifs (C(OH)–C–C–N with tert-alkyl or cyclic N) is 1. The van der Waals surface area contributed by atoms with E-state index in [4.69, 9.17) is 10.8 Å². The van der Waals surface area contributed by atoms with Crippen molar-refractivity contribution in [1.29, 1.82) is 0 Å². The standard InChI is InChI=1S/C15H16FN3O5/c1-24-15(23)11-7-19(2-3-20)14(22)12(11)18-10-5-8(13(17)21)4-9(16)6-10/h4-6,18,20H,2-3,7H2,1H3,(H2,17,21). The number of halogens is 1. The highest BCUT2D eigenvalue weighted by molar-refractivity contribution is 6.08. The van der Waals surface area contributed by atoms with Crippen LogP contribution in [-0.2, 0) is 14.3 Å². The number of amides is 2. The predicted octanol–water partition coefficient (Wildman–Crippen LogP) is -0.402. The van der Waals surface area contributed by atoms with Crippen molar-refractivity contribution in [2.75, 3.05) is 32.1 Å². The number of aliphatic hydroxyl groups excluding tert-OH is 1. The van der Waals surface area contributed by atoms with Crippen LogP contribution in [0.25, 0.3) is 0 Å². The van der Waals surface area contributed by atoms with Crippen molar-refractivity contribution in [3.8, 4) is 0 Å². The maximum absolute atomic E-state index is 13.6. The smallest absolute Gasteiger partial charge is 0.337 e. The number of carbonyl (C=O) groups is 3. The quantitative estimate of drug-likeness (QED) is 0.607. The maximum Gasteiger partial charge on any atom is 0.337 e. The van der Waals surface area contributed by atoms with Gasteiger partial charge < -0.3 is 25.8 Å². The van der Waals surface area contributed by atoms with Crippen LogP contribution in [0.4, 0.5) is 10.1 Å². The number of methoxy groups -OCH3 is 1. The fourth-order valence-corrected chi connectivity index (χ4v) is 2.30. The number of ether oxygens (including phenoxy) is 1. The Morgan fingerprint density at radius 2 is 2.12 bits per heavy atom. The fraction of sp³-hybridized carbons (Fsp3) is 0.267. The topological polar surface area (TPSA) is 122 Å². The highest BCUT2D eigenvalue weighted by Crippen LogP contribution is 2.23. The van der Waals surface area contributed by atoms with Gasteiger partial charge in [-0.2, -0.15) is 0 Å². The van der Waals surface area contributed by atoms with Crippen LogP contribution >= 0.6 is 0 Å². The molecule has 1 aromatic rings. The van der Waals surface area contributed by atoms with Gasteiger partial charge in [0.1, 0.15) is 11.5 Å². The molecule has 2 rings (SSSR count). The van der Waals surface area contributed by atoms with Crippen molar-refractivity contribution < 1.29 is 28.6 Å². The Hall–Kier alpha value is -2.94. The average Bonchev–Trinajstić information content (AvgIpc) is 2.83. The van der Waals surface area contributed by atoms with Gasteiger partial charge in [0, 0.05) is 17.8 Å². The summed E-state index contributed by atoms with van der Waals surface area (Å²) in [6, 6.07) is 3.27. The highest BCUT2D eigenvalue weighted by atomic mass is 19.1. The van der Waals surface area contributed by atoms with Crippen LogP contribution in [0.2, 0.25) is 0 Å². The van der Waals surface area contributed by atoms with Gasteiger partial charge in [-0.15, -0.1) is 0 Å². The number of esters is 1. The molecule has 4 N–H and O–H groups in total. The van der Waals surface area contributed by atoms with Crippen molar-refractivity contribution in [3.63, 3.8) is 0 Å². The minimum atomic E-state index is -0.834. The summed E-state index contributed by atoms with van der Waals surface area (Å²) in [5, 5.41) is 11.6. The molecule has 1 heterocycles. The second-order valence-corrected chi connectivity index (χ2v) is 5.01. The van der Waals surface area contributed by atoms with E-state index < -0.39 is 23.6 Å². The van der Waals surface area contributed by atoms with Gasteiger partial charge in [-0.25, -0.2) is 9.18 Å². The van der Waals surface area contributed by atoms with Crippen molar-refractivity contribution in [2.24, 2.45) is 5.73 Å². The number of nitrogens with zero attached hydrogens (tertiary/aromatic N) is 1. The largest absolute Gasteiger partial charge is 0.466 e. The van der Waals surface area contributed by atoms with Gasteiger partial charge >= 0.3 is 5.97 Å². The summed E-state index contributed by atoms with van der Waals surface area (Å²) in [4.78, 5) is 36.6. The third-order valence-electron chi connectivity index (χ3n) is 3.41. The molecule has 0 atom stereocenters. The lowest BCUT2D eigenvalue weighted by Crippen LogP contribution is -2.31. The Labute approximate surface area is 136 Å². The summed E-state index contributed by atoms with van der Waals surface area (Å²) >= 11 is 0. The number of benzene rings is 1. The van der Waals surface area contributed by atoms with Crippen molar-refractivity contribution in [2.45, 2.75) is 0 Å². The van der Waals surface area contributed by atoms with Crippen LogP contribution in [0.3, 0.4) is 0 Å². The molecule has 24 heavy (non-hydrogen) atoms. The van der Waals surface area contributed by atoms with Crippen LogP contribution in [0, 0.1) is 5.82 Å². The molecule has 0 aromatic heterocycles. The van der Waals surface area contributed by atoms with Gasteiger partial charge in [-0.3, -0.25) is 9.59 Å². The lowest BCUT2D eigenvalue weighted by atomic mass is 10.1. The van der Waals surface area contributed by atoms with Gasteiger partial charge in [0.05, 0.1) is 25.8 Å². The number of nitrogens with one attached hydrogen (secondary N) is 1. The van der Waals surface area contributed by atoms with Crippen LogP contribution in [-0.4, -0.2) is 54.6 Å². The molecular formula is C15H16FN3O5. The molecular weight excluding hydrogens is 321 g/mol. The summed E-state index contributed by atoms with van der Waals surface area (Å²) in [5.74, 6) is -2.83. The van der Waals surface area contributed by atoms with E-state index >= 15 is 0 Å². The van der Waals surface area contributed by atoms with Crippen LogP contribution in [0.1, 0.15) is 10.4 Å². The molecule has 0 saturated carbocycles. The van der Waals surface area contributed by atoms with Crippen LogP contribution < -0.4 is 11.1 Å². The Kier molecular flexibility index (Phi) is 5.14. The summed E-state index contributed by atoms with van der Waals surface area (Å²) in [7, 11) is 1.17. The molecule has 0 aliphatic carbocycles. The molecule has 1 aromatic carbocycles. The monoisotopic (exact) mass is 337 g/mol. The number of nitrogens with two attached hydrogens (primary N) is 1. The van der Waals surface area contributed by atoms with Crippen LogP contribution in [0.5, 0.6) is 0 Å². The van der Waals surface area contributed by atoms with Gasteiger partial charge in [-0.05, 0) is 18.2 Å². The SMILES string of the molecule is COC(=O)C1=C(Nc2cc(F)cc(C(N)=O)c2)C(=O)N(CCO)C1. The van der Waals surface area contributed by atoms with E-state index in [2.05, 4.69) is 10.1 Å². The molecule has 2 amide bonds. The number of carbonyl (C=O) groups excluding carboxylic acids is 3. The van der Waals surface area contributed by atoms with E-state index in [9.17, 15) is 18.8 Å². The molecule has 128 valence electrons. The number of hydrogen-bond donors (Lipinski definition) is 3. The average molecular weight is 337 g/mol. The molecule has 1 aliphatic heterocycles. The summed E-state index contributed by atoms with van der Waals surface area (Å²) < 4.78 is 18.2. The van der Waals surface area contributed by atoms with Gasteiger partial charge in [-0.1, -0.05) is 0 Å². The second-order valence-electron chi connectivity index (χ2n) is 5.01. The first kappa shape index (κ1) is 17.4. The van der Waals surface area contributed by atoms with E-state index in [1.165, 1.54) is 18.1 Å². The van der Waals surface area contributed by atoms with Crippen molar-refractivity contribution in [1.82, 2.24) is 4.90 Å². The summed E-state index contributed by atoms with van der Waals surface area (Å²) in [5.41, 5.74) is 5.06. The fourth-order valence-electron chi connectivity index (χ4n) is 2.30. The molecule has 1 aliphatic rings. The van der Waals surface area contributed by atoms with E-state index in [1.54, 1.807) is 0 Å². The normalized spacial score (nSPS) is 14.1. The number of rotatable bonds is 6. The van der Waals surface area contributed by atoms with Crippen molar-refractivity contribution in [3.05, 3.63) is 40.8 Å². The van der Waals surface area contributed by atoms with E-state index in [0.717, 1.165) is 12.1 Å². The minimum Gasteiger partial charge on any atom is -0.466 e. The number of anilines is 1. The molecule has 0 fully saturated rings. The first-order chi connectivity index (χ1) is 11.4. The summed E-state index contributed by atoms with van der Waals surface area (Å²) in [6.07, 6.45) is 0. The molecule has 8 nitrogen and oxygen atoms in total. The minimum absolute atomic E-state index is 0.0280. The maximum atomic E-state index is 13.6. The van der Waals surface area contributed by atoms with Crippen LogP contribution in [0.15, 0.2) is 29.5 Å². The third kappa shape index (κ3) is 3.51. The zero-order chi connectivity index (χ0) is 17.9. The number of hydrogen-bond acceptors (Lipinski definition) is 6. The zero-order valence-corrected chi connectivity index (χ0v) is 12.8. The third-order valence-corrected chi connectivity index (χ3v) is 3.41. The second kappa shape index (κ2) is 7.09. The van der Waals surface area contributed by atoms with E-state index in [1.807, 2.05) is 0 Å². The highest BCUT2D eigenvalue weighted by Gasteiger charge is 2.34. The number of aliphatic hydroxyl groups is 1. The zero-order valence-electron chi connectivity index (χ0n) is 12.8. The van der Waals surface area contributed by atoms with E-state index in [-0.39, 0.29) is 42.2 Å².